The second-order valence-electron chi connectivity index (χ2n) is 4.26. The normalized spacial score (nSPS) is 11.3. The Hall–Kier alpha value is -1.95. The van der Waals surface area contributed by atoms with Crippen LogP contribution in [-0.2, 0) is 16.4 Å². The summed E-state index contributed by atoms with van der Waals surface area (Å²) in [5.74, 6) is 1.46. The lowest BCUT2D eigenvalue weighted by Crippen LogP contribution is -2.03. The van der Waals surface area contributed by atoms with Crippen molar-refractivity contribution in [3.63, 3.8) is 0 Å². The molecule has 0 radical (unpaired) electrons. The van der Waals surface area contributed by atoms with Crippen LogP contribution in [-0.4, -0.2) is 24.6 Å². The van der Waals surface area contributed by atoms with E-state index in [1.54, 1.807) is 36.5 Å². The number of aromatic nitrogens is 2. The van der Waals surface area contributed by atoms with Gasteiger partial charge in [0, 0.05) is 19.0 Å². The molecule has 19 heavy (non-hydrogen) atoms. The monoisotopic (exact) mass is 277 g/mol. The fraction of sp³-hybridized carbons (Fsp3) is 0.231. The van der Waals surface area contributed by atoms with E-state index < -0.39 is 9.84 Å². The highest BCUT2D eigenvalue weighted by Crippen LogP contribution is 2.11. The first kappa shape index (κ1) is 13.5. The average Bonchev–Trinajstić information content (AvgIpc) is 2.36. The van der Waals surface area contributed by atoms with Crippen molar-refractivity contribution < 1.29 is 8.42 Å². The molecule has 0 aliphatic carbocycles. The van der Waals surface area contributed by atoms with E-state index in [2.05, 4.69) is 15.3 Å². The van der Waals surface area contributed by atoms with Crippen LogP contribution >= 0.6 is 0 Å². The number of nitrogens with one attached hydrogen (secondary N) is 1. The lowest BCUT2D eigenvalue weighted by Gasteiger charge is -2.06. The average molecular weight is 277 g/mol. The summed E-state index contributed by atoms with van der Waals surface area (Å²) in [7, 11) is -3.13. The minimum Gasteiger partial charge on any atom is -0.366 e. The molecule has 1 heterocycles. The number of rotatable bonds is 4. The van der Waals surface area contributed by atoms with E-state index in [1.807, 2.05) is 6.92 Å². The van der Waals surface area contributed by atoms with E-state index in [-0.39, 0.29) is 0 Å². The Bertz CT molecular complexity index is 667. The number of benzene rings is 1. The van der Waals surface area contributed by atoms with Crippen LogP contribution in [0.1, 0.15) is 11.4 Å². The van der Waals surface area contributed by atoms with Crippen LogP contribution in [0.25, 0.3) is 0 Å². The minimum absolute atomic E-state index is 0.328. The quantitative estimate of drug-likeness (QED) is 0.922. The van der Waals surface area contributed by atoms with Crippen LogP contribution in [0.2, 0.25) is 0 Å². The lowest BCUT2D eigenvalue weighted by molar-refractivity contribution is 0.602. The summed E-state index contributed by atoms with van der Waals surface area (Å²) >= 11 is 0. The van der Waals surface area contributed by atoms with Gasteiger partial charge in [-0.05, 0) is 30.7 Å². The molecule has 0 saturated carbocycles. The van der Waals surface area contributed by atoms with Gasteiger partial charge in [0.1, 0.15) is 11.6 Å². The molecule has 0 aliphatic heterocycles. The van der Waals surface area contributed by atoms with Crippen LogP contribution < -0.4 is 5.32 Å². The molecule has 0 amide bonds. The topological polar surface area (TPSA) is 72.0 Å². The summed E-state index contributed by atoms with van der Waals surface area (Å²) in [6, 6.07) is 8.59. The second-order valence-corrected chi connectivity index (χ2v) is 6.27. The van der Waals surface area contributed by atoms with E-state index in [4.69, 9.17) is 0 Å². The number of sulfone groups is 1. The van der Waals surface area contributed by atoms with Crippen molar-refractivity contribution in [3.05, 3.63) is 47.9 Å². The fourth-order valence-electron chi connectivity index (χ4n) is 1.60. The number of hydrogen-bond acceptors (Lipinski definition) is 5. The number of hydrogen-bond donors (Lipinski definition) is 1. The zero-order chi connectivity index (χ0) is 13.9. The maximum absolute atomic E-state index is 11.3. The summed E-state index contributed by atoms with van der Waals surface area (Å²) in [6.45, 7) is 2.41. The molecule has 1 N–H and O–H groups in total. The van der Waals surface area contributed by atoms with Gasteiger partial charge in [0.2, 0.25) is 0 Å². The molecule has 6 heteroatoms. The zero-order valence-corrected chi connectivity index (χ0v) is 11.6. The molecule has 0 bridgehead atoms. The summed E-state index contributed by atoms with van der Waals surface area (Å²) in [4.78, 5) is 8.57. The van der Waals surface area contributed by atoms with Gasteiger partial charge in [0.15, 0.2) is 9.84 Å². The molecular formula is C13H15N3O2S. The predicted molar refractivity (Wildman–Crippen MR) is 73.6 cm³/mol. The third-order valence-corrected chi connectivity index (χ3v) is 3.73. The number of anilines is 1. The molecule has 5 nitrogen and oxygen atoms in total. The van der Waals surface area contributed by atoms with Gasteiger partial charge < -0.3 is 5.32 Å². The minimum atomic E-state index is -3.13. The maximum Gasteiger partial charge on any atom is 0.175 e. The first-order valence-corrected chi connectivity index (χ1v) is 7.67. The van der Waals surface area contributed by atoms with Crippen LogP contribution in [0.3, 0.4) is 0 Å². The van der Waals surface area contributed by atoms with Crippen molar-refractivity contribution in [1.82, 2.24) is 9.97 Å². The van der Waals surface area contributed by atoms with Crippen LogP contribution in [0.5, 0.6) is 0 Å². The van der Waals surface area contributed by atoms with Gasteiger partial charge >= 0.3 is 0 Å². The first-order chi connectivity index (χ1) is 8.95. The van der Waals surface area contributed by atoms with Crippen molar-refractivity contribution in [2.45, 2.75) is 18.4 Å². The van der Waals surface area contributed by atoms with Crippen molar-refractivity contribution >= 4 is 15.7 Å². The van der Waals surface area contributed by atoms with Crippen molar-refractivity contribution in [3.8, 4) is 0 Å². The molecule has 0 spiro atoms. The van der Waals surface area contributed by atoms with Crippen LogP contribution in [0.4, 0.5) is 5.82 Å². The first-order valence-electron chi connectivity index (χ1n) is 5.78. The van der Waals surface area contributed by atoms with Crippen molar-refractivity contribution in [2.75, 3.05) is 11.6 Å². The maximum atomic E-state index is 11.3. The van der Waals surface area contributed by atoms with Gasteiger partial charge in [-0.2, -0.15) is 0 Å². The van der Waals surface area contributed by atoms with Crippen LogP contribution in [0.15, 0.2) is 41.4 Å². The second kappa shape index (κ2) is 5.36. The Morgan fingerprint density at radius 3 is 2.42 bits per heavy atom. The van der Waals surface area contributed by atoms with Gasteiger partial charge in [-0.1, -0.05) is 12.1 Å². The summed E-state index contributed by atoms with van der Waals surface area (Å²) in [5.41, 5.74) is 0.990. The molecule has 1 aromatic carbocycles. The summed E-state index contributed by atoms with van der Waals surface area (Å²) in [5, 5.41) is 3.16. The largest absolute Gasteiger partial charge is 0.366 e. The molecule has 1 aromatic heterocycles. The standard InChI is InChI=1S/C13H15N3O2S/c1-10-14-8-7-13(16-10)15-9-11-3-5-12(6-4-11)19(2,17)18/h3-8H,9H2,1-2H3,(H,14,15,16). The highest BCUT2D eigenvalue weighted by Gasteiger charge is 2.05. The third kappa shape index (κ3) is 3.75. The molecule has 0 aliphatic rings. The third-order valence-electron chi connectivity index (χ3n) is 2.60. The molecule has 0 fully saturated rings. The molecule has 2 aromatic rings. The summed E-state index contributed by atoms with van der Waals surface area (Å²) < 4.78 is 22.7. The fourth-order valence-corrected chi connectivity index (χ4v) is 2.23. The van der Waals surface area contributed by atoms with Crippen LogP contribution in [0, 0.1) is 6.92 Å². The SMILES string of the molecule is Cc1nccc(NCc2ccc(S(C)(=O)=O)cc2)n1. The predicted octanol–water partition coefficient (Wildman–Crippen LogP) is 1.80. The van der Waals surface area contributed by atoms with E-state index in [9.17, 15) is 8.42 Å². The van der Waals surface area contributed by atoms with Gasteiger partial charge in [-0.3, -0.25) is 0 Å². The van der Waals surface area contributed by atoms with Gasteiger partial charge in [0.05, 0.1) is 4.90 Å². The lowest BCUT2D eigenvalue weighted by atomic mass is 10.2. The number of nitrogens with zero attached hydrogens (tertiary/aromatic N) is 2. The van der Waals surface area contributed by atoms with Crippen molar-refractivity contribution in [2.24, 2.45) is 0 Å². The molecule has 0 saturated heterocycles. The molecule has 0 unspecified atom stereocenters. The number of aryl methyl sites for hydroxylation is 1. The smallest absolute Gasteiger partial charge is 0.175 e. The molecule has 2 rings (SSSR count). The Morgan fingerprint density at radius 1 is 1.16 bits per heavy atom. The van der Waals surface area contributed by atoms with Crippen molar-refractivity contribution in [1.29, 1.82) is 0 Å². The van der Waals surface area contributed by atoms with E-state index in [0.29, 0.717) is 17.3 Å². The summed E-state index contributed by atoms with van der Waals surface area (Å²) in [6.07, 6.45) is 2.89. The molecule has 100 valence electrons. The Labute approximate surface area is 112 Å². The van der Waals surface area contributed by atoms with E-state index >= 15 is 0 Å². The molecular weight excluding hydrogens is 262 g/mol. The highest BCUT2D eigenvalue weighted by molar-refractivity contribution is 7.90. The Balaban J connectivity index is 2.05. The Kier molecular flexibility index (Phi) is 3.80. The van der Waals surface area contributed by atoms with E-state index in [0.717, 1.165) is 11.4 Å². The van der Waals surface area contributed by atoms with E-state index in [1.165, 1.54) is 6.26 Å². The zero-order valence-electron chi connectivity index (χ0n) is 10.8. The Morgan fingerprint density at radius 2 is 1.84 bits per heavy atom. The van der Waals surface area contributed by atoms with Gasteiger partial charge in [-0.25, -0.2) is 18.4 Å². The highest BCUT2D eigenvalue weighted by atomic mass is 32.2. The van der Waals surface area contributed by atoms with Gasteiger partial charge in [-0.15, -0.1) is 0 Å². The van der Waals surface area contributed by atoms with Gasteiger partial charge in [0.25, 0.3) is 0 Å². The molecule has 0 atom stereocenters.